The molecule has 1 atom stereocenters. The molecular formula is C16H14N2O3. The minimum atomic E-state index is -0.917. The molecule has 2 heterocycles. The first-order chi connectivity index (χ1) is 9.99. The third kappa shape index (κ3) is 2.07. The Morgan fingerprint density at radius 3 is 2.76 bits per heavy atom. The summed E-state index contributed by atoms with van der Waals surface area (Å²) < 4.78 is 1.54. The van der Waals surface area contributed by atoms with Gasteiger partial charge in [0, 0.05) is 5.69 Å². The van der Waals surface area contributed by atoms with E-state index in [4.69, 9.17) is 5.11 Å². The SMILES string of the molecule is Cc1cccc2nc3ccc(C(C)C(=O)O)cc3c(=O)n12. The fraction of sp³-hybridized carbons (Fsp3) is 0.188. The monoisotopic (exact) mass is 282 g/mol. The largest absolute Gasteiger partial charge is 0.481 e. The zero-order valence-electron chi connectivity index (χ0n) is 11.7. The Kier molecular flexibility index (Phi) is 2.97. The van der Waals surface area contributed by atoms with E-state index in [2.05, 4.69) is 4.98 Å². The van der Waals surface area contributed by atoms with Crippen molar-refractivity contribution in [3.05, 3.63) is 58.0 Å². The number of hydrogen-bond acceptors (Lipinski definition) is 3. The molecule has 3 rings (SSSR count). The summed E-state index contributed by atoms with van der Waals surface area (Å²) >= 11 is 0. The molecule has 5 nitrogen and oxygen atoms in total. The smallest absolute Gasteiger partial charge is 0.310 e. The standard InChI is InChI=1S/C16H14N2O3/c1-9-4-3-5-14-17-13-7-6-11(10(2)16(20)21)8-12(13)15(19)18(9)14/h3-8,10H,1-2H3,(H,20,21). The molecule has 5 heteroatoms. The Labute approximate surface area is 120 Å². The number of aromatic nitrogens is 2. The lowest BCUT2D eigenvalue weighted by Gasteiger charge is -2.09. The van der Waals surface area contributed by atoms with Crippen molar-refractivity contribution in [1.29, 1.82) is 0 Å². The second kappa shape index (κ2) is 4.70. The molecular weight excluding hydrogens is 268 g/mol. The van der Waals surface area contributed by atoms with Gasteiger partial charge in [-0.15, -0.1) is 0 Å². The fourth-order valence-electron chi connectivity index (χ4n) is 2.43. The van der Waals surface area contributed by atoms with E-state index in [0.717, 1.165) is 5.69 Å². The van der Waals surface area contributed by atoms with Crippen LogP contribution in [-0.2, 0) is 4.79 Å². The molecule has 0 aliphatic carbocycles. The van der Waals surface area contributed by atoms with Gasteiger partial charge >= 0.3 is 5.97 Å². The molecule has 21 heavy (non-hydrogen) atoms. The Morgan fingerprint density at radius 2 is 2.05 bits per heavy atom. The molecule has 1 N–H and O–H groups in total. The van der Waals surface area contributed by atoms with Gasteiger partial charge in [0.1, 0.15) is 5.65 Å². The minimum absolute atomic E-state index is 0.174. The van der Waals surface area contributed by atoms with Gasteiger partial charge in [-0.05, 0) is 43.7 Å². The van der Waals surface area contributed by atoms with Crippen LogP contribution < -0.4 is 5.56 Å². The van der Waals surface area contributed by atoms with Gasteiger partial charge in [0.2, 0.25) is 0 Å². The molecule has 2 aromatic heterocycles. The third-order valence-corrected chi connectivity index (χ3v) is 3.72. The highest BCUT2D eigenvalue weighted by molar-refractivity contribution is 5.83. The van der Waals surface area contributed by atoms with Crippen molar-refractivity contribution in [3.8, 4) is 0 Å². The van der Waals surface area contributed by atoms with Gasteiger partial charge in [-0.2, -0.15) is 0 Å². The summed E-state index contributed by atoms with van der Waals surface area (Å²) in [5, 5.41) is 9.53. The molecule has 0 saturated carbocycles. The molecule has 0 aliphatic heterocycles. The highest BCUT2D eigenvalue weighted by Gasteiger charge is 2.15. The number of rotatable bonds is 2. The quantitative estimate of drug-likeness (QED) is 0.732. The van der Waals surface area contributed by atoms with Crippen molar-refractivity contribution < 1.29 is 9.90 Å². The molecule has 0 aliphatic rings. The van der Waals surface area contributed by atoms with Crippen molar-refractivity contribution >= 4 is 22.5 Å². The molecule has 3 aromatic rings. The summed E-state index contributed by atoms with van der Waals surface area (Å²) in [6.07, 6.45) is 0. The summed E-state index contributed by atoms with van der Waals surface area (Å²) in [7, 11) is 0. The third-order valence-electron chi connectivity index (χ3n) is 3.72. The molecule has 1 aromatic carbocycles. The first kappa shape index (κ1) is 13.3. The fourth-order valence-corrected chi connectivity index (χ4v) is 2.43. The minimum Gasteiger partial charge on any atom is -0.481 e. The van der Waals surface area contributed by atoms with Gasteiger partial charge in [0.15, 0.2) is 0 Å². The number of nitrogens with zero attached hydrogens (tertiary/aromatic N) is 2. The first-order valence-electron chi connectivity index (χ1n) is 6.64. The molecule has 1 unspecified atom stereocenters. The number of fused-ring (bicyclic) bond motifs is 2. The molecule has 0 bridgehead atoms. The van der Waals surface area contributed by atoms with Crippen LogP contribution in [0.3, 0.4) is 0 Å². The van der Waals surface area contributed by atoms with E-state index in [1.165, 1.54) is 4.40 Å². The van der Waals surface area contributed by atoms with Crippen LogP contribution in [-0.4, -0.2) is 20.5 Å². The molecule has 0 fully saturated rings. The van der Waals surface area contributed by atoms with Crippen LogP contribution in [0.2, 0.25) is 0 Å². The zero-order chi connectivity index (χ0) is 15.1. The van der Waals surface area contributed by atoms with Crippen LogP contribution in [0.1, 0.15) is 24.1 Å². The molecule has 0 amide bonds. The van der Waals surface area contributed by atoms with E-state index in [1.54, 1.807) is 31.2 Å². The van der Waals surface area contributed by atoms with Gasteiger partial charge in [0.25, 0.3) is 5.56 Å². The van der Waals surface area contributed by atoms with Crippen LogP contribution in [0.4, 0.5) is 0 Å². The topological polar surface area (TPSA) is 71.7 Å². The number of pyridine rings is 1. The number of hydrogen-bond donors (Lipinski definition) is 1. The predicted molar refractivity (Wildman–Crippen MR) is 79.8 cm³/mol. The Morgan fingerprint density at radius 1 is 1.29 bits per heavy atom. The number of benzene rings is 1. The van der Waals surface area contributed by atoms with Crippen molar-refractivity contribution in [2.75, 3.05) is 0 Å². The second-order valence-electron chi connectivity index (χ2n) is 5.11. The lowest BCUT2D eigenvalue weighted by molar-refractivity contribution is -0.138. The Bertz CT molecular complexity index is 928. The molecule has 106 valence electrons. The van der Waals surface area contributed by atoms with Gasteiger partial charge < -0.3 is 5.11 Å². The van der Waals surface area contributed by atoms with Crippen LogP contribution in [0, 0.1) is 6.92 Å². The van der Waals surface area contributed by atoms with Crippen LogP contribution in [0.15, 0.2) is 41.2 Å². The molecule has 0 radical (unpaired) electrons. The van der Waals surface area contributed by atoms with Gasteiger partial charge in [-0.3, -0.25) is 14.0 Å². The van der Waals surface area contributed by atoms with E-state index < -0.39 is 11.9 Å². The number of carboxylic acids is 1. The maximum Gasteiger partial charge on any atom is 0.310 e. The average molecular weight is 282 g/mol. The van der Waals surface area contributed by atoms with Crippen molar-refractivity contribution in [1.82, 2.24) is 9.38 Å². The van der Waals surface area contributed by atoms with Gasteiger partial charge in [0.05, 0.1) is 16.8 Å². The highest BCUT2D eigenvalue weighted by Crippen LogP contribution is 2.19. The maximum atomic E-state index is 12.6. The summed E-state index contributed by atoms with van der Waals surface area (Å²) in [5.74, 6) is -1.58. The normalized spacial score (nSPS) is 12.7. The van der Waals surface area contributed by atoms with Gasteiger partial charge in [-0.25, -0.2) is 4.98 Å². The lowest BCUT2D eigenvalue weighted by Crippen LogP contribution is -2.18. The Balaban J connectivity index is 2.38. The van der Waals surface area contributed by atoms with E-state index >= 15 is 0 Å². The van der Waals surface area contributed by atoms with Crippen molar-refractivity contribution in [2.45, 2.75) is 19.8 Å². The lowest BCUT2D eigenvalue weighted by atomic mass is 10.00. The second-order valence-corrected chi connectivity index (χ2v) is 5.11. The summed E-state index contributed by atoms with van der Waals surface area (Å²) in [5.41, 5.74) is 2.39. The number of carbonyl (C=O) groups is 1. The first-order valence-corrected chi connectivity index (χ1v) is 6.64. The van der Waals surface area contributed by atoms with Crippen LogP contribution in [0.25, 0.3) is 16.6 Å². The maximum absolute atomic E-state index is 12.6. The van der Waals surface area contributed by atoms with E-state index in [9.17, 15) is 9.59 Å². The van der Waals surface area contributed by atoms with Gasteiger partial charge in [-0.1, -0.05) is 12.1 Å². The summed E-state index contributed by atoms with van der Waals surface area (Å²) in [6.45, 7) is 3.44. The summed E-state index contributed by atoms with van der Waals surface area (Å²) in [6, 6.07) is 10.5. The molecule has 0 saturated heterocycles. The predicted octanol–water partition coefficient (Wildman–Crippen LogP) is 2.34. The van der Waals surface area contributed by atoms with Crippen molar-refractivity contribution in [3.63, 3.8) is 0 Å². The molecule has 0 spiro atoms. The van der Waals surface area contributed by atoms with E-state index in [-0.39, 0.29) is 5.56 Å². The van der Waals surface area contributed by atoms with Crippen molar-refractivity contribution in [2.24, 2.45) is 0 Å². The van der Waals surface area contributed by atoms with E-state index in [1.807, 2.05) is 19.1 Å². The van der Waals surface area contributed by atoms with Crippen LogP contribution in [0.5, 0.6) is 0 Å². The van der Waals surface area contributed by atoms with Crippen LogP contribution >= 0.6 is 0 Å². The summed E-state index contributed by atoms with van der Waals surface area (Å²) in [4.78, 5) is 28.2. The average Bonchev–Trinajstić information content (AvgIpc) is 2.46. The van der Waals surface area contributed by atoms with E-state index in [0.29, 0.717) is 22.1 Å². The Hall–Kier alpha value is -2.69. The zero-order valence-corrected chi connectivity index (χ0v) is 11.7. The number of aryl methyl sites for hydroxylation is 1. The number of carboxylic acid groups (broad SMARTS) is 1. The number of aliphatic carboxylic acids is 1. The highest BCUT2D eigenvalue weighted by atomic mass is 16.4.